The predicted molar refractivity (Wildman–Crippen MR) is 49.3 cm³/mol. The van der Waals surface area contributed by atoms with Gasteiger partial charge in [0.05, 0.1) is 0 Å². The van der Waals surface area contributed by atoms with Crippen LogP contribution in [0.3, 0.4) is 0 Å². The molecule has 5 heteroatoms. The van der Waals surface area contributed by atoms with E-state index in [1.807, 2.05) is 0 Å². The van der Waals surface area contributed by atoms with Gasteiger partial charge < -0.3 is 0 Å². The second-order valence-electron chi connectivity index (χ2n) is 2.09. The van der Waals surface area contributed by atoms with Crippen molar-refractivity contribution in [3.05, 3.63) is 12.2 Å². The van der Waals surface area contributed by atoms with Gasteiger partial charge >= 0.3 is 0 Å². The molecule has 0 atom stereocenters. The van der Waals surface area contributed by atoms with Gasteiger partial charge in [0.15, 0.2) is 5.84 Å². The molecule has 1 heterocycles. The van der Waals surface area contributed by atoms with E-state index in [1.54, 1.807) is 19.1 Å². The van der Waals surface area contributed by atoms with Gasteiger partial charge in [-0.15, -0.1) is 10.2 Å². The maximum atomic E-state index is 10.8. The lowest BCUT2D eigenvalue weighted by Crippen LogP contribution is -2.01. The Labute approximate surface area is 75.1 Å². The Bertz CT molecular complexity index is 286. The van der Waals surface area contributed by atoms with Crippen molar-refractivity contribution in [3.63, 3.8) is 0 Å². The highest BCUT2D eigenvalue weighted by molar-refractivity contribution is 7.80. The fourth-order valence-corrected chi connectivity index (χ4v) is 0.688. The van der Waals surface area contributed by atoms with Crippen molar-refractivity contribution in [2.45, 2.75) is 13.3 Å². The van der Waals surface area contributed by atoms with Crippen LogP contribution < -0.4 is 0 Å². The number of aliphatic imine (C=N–C) groups is 1. The molecule has 1 amide bonds. The Morgan fingerprint density at radius 2 is 2.33 bits per heavy atom. The molecular formula is C7H7N3OS. The molecule has 0 fully saturated rings. The number of nitrogens with zero attached hydrogens (tertiary/aromatic N) is 3. The Morgan fingerprint density at radius 1 is 1.58 bits per heavy atom. The summed E-state index contributed by atoms with van der Waals surface area (Å²) in [6.07, 6.45) is 3.53. The number of carbonyl (C=O) groups excluding carboxylic acids is 1. The van der Waals surface area contributed by atoms with Gasteiger partial charge in [0.2, 0.25) is 5.91 Å². The zero-order valence-corrected chi connectivity index (χ0v) is 7.34. The van der Waals surface area contributed by atoms with Crippen LogP contribution in [0.1, 0.15) is 13.3 Å². The summed E-state index contributed by atoms with van der Waals surface area (Å²) < 4.78 is 0. The molecule has 4 nitrogen and oxygen atoms in total. The van der Waals surface area contributed by atoms with E-state index in [4.69, 9.17) is 12.2 Å². The van der Waals surface area contributed by atoms with E-state index < -0.39 is 0 Å². The van der Waals surface area contributed by atoms with Crippen LogP contribution in [-0.4, -0.2) is 16.7 Å². The molecule has 0 bridgehead atoms. The Hall–Kier alpha value is -1.23. The van der Waals surface area contributed by atoms with Crippen LogP contribution in [0.25, 0.3) is 0 Å². The Balaban J connectivity index is 2.73. The topological polar surface area (TPSA) is 54.1 Å². The van der Waals surface area contributed by atoms with Crippen molar-refractivity contribution in [2.24, 2.45) is 15.2 Å². The van der Waals surface area contributed by atoms with Crippen LogP contribution >= 0.6 is 12.2 Å². The second kappa shape index (κ2) is 3.96. The van der Waals surface area contributed by atoms with E-state index in [1.165, 1.54) is 0 Å². The number of hydrogen-bond acceptors (Lipinski definition) is 2. The van der Waals surface area contributed by atoms with E-state index in [0.29, 0.717) is 17.2 Å². The fraction of sp³-hybridized carbons (Fsp3) is 0.286. The van der Waals surface area contributed by atoms with Crippen molar-refractivity contribution in [1.82, 2.24) is 0 Å². The van der Waals surface area contributed by atoms with E-state index in [9.17, 15) is 4.79 Å². The van der Waals surface area contributed by atoms with Crippen LogP contribution in [0.5, 0.6) is 0 Å². The number of rotatable bonds is 1. The molecule has 0 spiro atoms. The molecule has 0 aliphatic carbocycles. The predicted octanol–water partition coefficient (Wildman–Crippen LogP) is 1.67. The smallest absolute Gasteiger partial charge is 0.247 e. The van der Waals surface area contributed by atoms with Gasteiger partial charge in [0.25, 0.3) is 0 Å². The molecule has 0 N–H and O–H groups in total. The maximum Gasteiger partial charge on any atom is 0.247 e. The average molecular weight is 181 g/mol. The van der Waals surface area contributed by atoms with E-state index in [0.717, 1.165) is 0 Å². The minimum Gasteiger partial charge on any atom is -0.273 e. The fourth-order valence-electron chi connectivity index (χ4n) is 0.579. The summed E-state index contributed by atoms with van der Waals surface area (Å²) in [5, 5.41) is 7.21. The summed E-state index contributed by atoms with van der Waals surface area (Å²) >= 11 is 4.71. The molecule has 0 saturated carbocycles. The third-order valence-electron chi connectivity index (χ3n) is 1.17. The molecule has 0 unspecified atom stereocenters. The Kier molecular flexibility index (Phi) is 2.93. The summed E-state index contributed by atoms with van der Waals surface area (Å²) in [6.45, 7) is 1.74. The molecule has 0 aromatic rings. The average Bonchev–Trinajstić information content (AvgIpc) is 2.09. The lowest BCUT2D eigenvalue weighted by molar-refractivity contribution is -0.117. The largest absolute Gasteiger partial charge is 0.273 e. The number of carbonyl (C=O) groups is 1. The van der Waals surface area contributed by atoms with Gasteiger partial charge in [-0.1, -0.05) is 19.1 Å². The van der Waals surface area contributed by atoms with E-state index in [-0.39, 0.29) is 5.91 Å². The molecule has 1 rings (SSSR count). The first kappa shape index (κ1) is 8.86. The summed E-state index contributed by atoms with van der Waals surface area (Å²) in [5.74, 6) is 0.108. The summed E-state index contributed by atoms with van der Waals surface area (Å²) in [4.78, 5) is 14.9. The number of azo groups is 1. The van der Waals surface area contributed by atoms with Crippen LogP contribution in [0.2, 0.25) is 0 Å². The van der Waals surface area contributed by atoms with Crippen LogP contribution in [0.15, 0.2) is 27.4 Å². The molecule has 0 radical (unpaired) electrons. The second-order valence-corrected chi connectivity index (χ2v) is 2.51. The first-order valence-electron chi connectivity index (χ1n) is 3.47. The molecule has 1 aliphatic heterocycles. The van der Waals surface area contributed by atoms with Gasteiger partial charge in [-0.3, -0.25) is 4.79 Å². The maximum absolute atomic E-state index is 10.8. The van der Waals surface area contributed by atoms with Gasteiger partial charge in [0.1, 0.15) is 4.99 Å². The minimum atomic E-state index is -0.207. The van der Waals surface area contributed by atoms with Gasteiger partial charge in [0, 0.05) is 6.42 Å². The van der Waals surface area contributed by atoms with Crippen molar-refractivity contribution in [1.29, 1.82) is 0 Å². The molecular weight excluding hydrogens is 174 g/mol. The summed E-state index contributed by atoms with van der Waals surface area (Å²) in [7, 11) is 0. The highest BCUT2D eigenvalue weighted by atomic mass is 32.1. The SMILES string of the molecule is CCC(=O)N=C1C=CC(=S)N=N1. The summed E-state index contributed by atoms with van der Waals surface area (Å²) in [6, 6.07) is 0. The number of thiocarbonyl (C=S) groups is 1. The monoisotopic (exact) mass is 181 g/mol. The van der Waals surface area contributed by atoms with Crippen LogP contribution in [0.4, 0.5) is 0 Å². The molecule has 62 valence electrons. The third-order valence-corrected chi connectivity index (χ3v) is 1.39. The van der Waals surface area contributed by atoms with Gasteiger partial charge in [-0.05, 0) is 12.2 Å². The lowest BCUT2D eigenvalue weighted by Gasteiger charge is -1.95. The van der Waals surface area contributed by atoms with Crippen molar-refractivity contribution in [3.8, 4) is 0 Å². The number of amidine groups is 1. The van der Waals surface area contributed by atoms with Gasteiger partial charge in [-0.25, -0.2) is 0 Å². The zero-order valence-electron chi connectivity index (χ0n) is 6.52. The quantitative estimate of drug-likeness (QED) is 0.578. The van der Waals surface area contributed by atoms with E-state index >= 15 is 0 Å². The van der Waals surface area contributed by atoms with E-state index in [2.05, 4.69) is 15.2 Å². The molecule has 0 aromatic heterocycles. The first-order valence-corrected chi connectivity index (χ1v) is 3.88. The third kappa shape index (κ3) is 2.43. The van der Waals surface area contributed by atoms with Crippen molar-refractivity contribution < 1.29 is 4.79 Å². The zero-order chi connectivity index (χ0) is 8.97. The first-order chi connectivity index (χ1) is 5.72. The number of hydrogen-bond donors (Lipinski definition) is 0. The Morgan fingerprint density at radius 3 is 2.83 bits per heavy atom. The molecule has 0 saturated heterocycles. The van der Waals surface area contributed by atoms with Crippen LogP contribution in [0, 0.1) is 0 Å². The minimum absolute atomic E-state index is 0.207. The van der Waals surface area contributed by atoms with Gasteiger partial charge in [-0.2, -0.15) is 4.99 Å². The number of amides is 1. The highest BCUT2D eigenvalue weighted by Gasteiger charge is 2.01. The van der Waals surface area contributed by atoms with Crippen LogP contribution in [-0.2, 0) is 4.79 Å². The molecule has 1 aliphatic rings. The highest BCUT2D eigenvalue weighted by Crippen LogP contribution is 1.99. The summed E-state index contributed by atoms with van der Waals surface area (Å²) in [5.41, 5.74) is 0. The van der Waals surface area contributed by atoms with Crippen molar-refractivity contribution >= 4 is 28.9 Å². The lowest BCUT2D eigenvalue weighted by atomic mass is 10.4. The van der Waals surface area contributed by atoms with Crippen molar-refractivity contribution in [2.75, 3.05) is 0 Å². The molecule has 12 heavy (non-hydrogen) atoms. The standard InChI is InChI=1S/C7H7N3OS/c1-2-6(11)8-5-3-4-7(12)10-9-5/h3-4H,2H2,1H3. The molecule has 0 aromatic carbocycles. The normalized spacial score (nSPS) is 18.8.